The standard InChI is InChI=1S/C31H39N7O5.C2H4O2/c1-42-24-13-9-22(10-14-24)27(23-11-15-25(43-2)16-12-23)29(40)38-26(4-3-17-35-30(32)33)28(39)36-18-20-5-7-21(8-6-20)19-37-31(34)41;1-2(3)4/h5-16,26-27H,3-4,17-19H2,1-2H3,(H,36,39)(H,38,40)(H4,32,33,35)(H3,34,37,41);1H3,(H,3,4)/t26-;/m1./s1. The Morgan fingerprint density at radius 2 is 1.19 bits per heavy atom. The van der Waals surface area contributed by atoms with Crippen molar-refractivity contribution in [2.45, 2.75) is 44.8 Å². The molecular weight excluding hydrogens is 606 g/mol. The van der Waals surface area contributed by atoms with E-state index in [9.17, 15) is 14.4 Å². The molecule has 47 heavy (non-hydrogen) atoms. The lowest BCUT2D eigenvalue weighted by atomic mass is 9.90. The number of carboxylic acid groups (broad SMARTS) is 1. The van der Waals surface area contributed by atoms with Gasteiger partial charge in [-0.2, -0.15) is 0 Å². The van der Waals surface area contributed by atoms with Crippen LogP contribution in [0.5, 0.6) is 11.5 Å². The van der Waals surface area contributed by atoms with Gasteiger partial charge in [-0.25, -0.2) is 4.79 Å². The summed E-state index contributed by atoms with van der Waals surface area (Å²) in [6.45, 7) is 1.93. The normalized spacial score (nSPS) is 10.8. The van der Waals surface area contributed by atoms with Crippen LogP contribution in [-0.4, -0.2) is 61.7 Å². The van der Waals surface area contributed by atoms with Gasteiger partial charge in [0.1, 0.15) is 17.5 Å². The van der Waals surface area contributed by atoms with Gasteiger partial charge in [-0.05, 0) is 59.4 Å². The van der Waals surface area contributed by atoms with E-state index in [0.717, 1.165) is 29.2 Å². The molecule has 10 N–H and O–H groups in total. The number of methoxy groups -OCH3 is 2. The van der Waals surface area contributed by atoms with E-state index >= 15 is 0 Å². The molecule has 0 aliphatic rings. The van der Waals surface area contributed by atoms with Crippen LogP contribution in [0.4, 0.5) is 4.79 Å². The van der Waals surface area contributed by atoms with Crippen LogP contribution in [0.25, 0.3) is 0 Å². The van der Waals surface area contributed by atoms with E-state index in [4.69, 9.17) is 36.6 Å². The molecule has 0 saturated carbocycles. The lowest BCUT2D eigenvalue weighted by Gasteiger charge is -2.23. The minimum Gasteiger partial charge on any atom is -0.497 e. The molecule has 252 valence electrons. The van der Waals surface area contributed by atoms with Gasteiger partial charge in [0.05, 0.1) is 20.1 Å². The molecule has 0 spiro atoms. The van der Waals surface area contributed by atoms with Crippen molar-refractivity contribution in [3.05, 3.63) is 95.1 Å². The highest BCUT2D eigenvalue weighted by Gasteiger charge is 2.28. The number of urea groups is 1. The van der Waals surface area contributed by atoms with Gasteiger partial charge in [0.2, 0.25) is 11.8 Å². The number of ether oxygens (including phenoxy) is 2. The first-order valence-electron chi connectivity index (χ1n) is 14.7. The maximum Gasteiger partial charge on any atom is 0.312 e. The number of hydrogen-bond acceptors (Lipinski definition) is 7. The molecule has 4 amide bonds. The number of carboxylic acids is 1. The molecule has 0 aliphatic heterocycles. The summed E-state index contributed by atoms with van der Waals surface area (Å²) in [7, 11) is 3.15. The molecule has 0 saturated heterocycles. The fourth-order valence-electron chi connectivity index (χ4n) is 4.39. The minimum absolute atomic E-state index is 0.0430. The molecule has 0 heterocycles. The van der Waals surface area contributed by atoms with Gasteiger partial charge >= 0.3 is 6.03 Å². The van der Waals surface area contributed by atoms with Crippen molar-refractivity contribution in [2.75, 3.05) is 20.8 Å². The molecule has 3 aromatic rings. The number of primary amides is 1. The van der Waals surface area contributed by atoms with E-state index in [-0.39, 0.29) is 24.3 Å². The zero-order valence-corrected chi connectivity index (χ0v) is 26.7. The first-order chi connectivity index (χ1) is 22.4. The van der Waals surface area contributed by atoms with Crippen molar-refractivity contribution in [1.29, 1.82) is 0 Å². The predicted molar refractivity (Wildman–Crippen MR) is 178 cm³/mol. The number of aliphatic imine (C=N–C) groups is 1. The summed E-state index contributed by atoms with van der Waals surface area (Å²) in [5, 5.41) is 15.8. The number of carbonyl (C=O) groups is 4. The molecule has 3 aromatic carbocycles. The molecular formula is C33H43N7O7. The van der Waals surface area contributed by atoms with Gasteiger partial charge in [0, 0.05) is 26.6 Å². The van der Waals surface area contributed by atoms with Gasteiger partial charge in [-0.15, -0.1) is 0 Å². The van der Waals surface area contributed by atoms with E-state index in [0.29, 0.717) is 37.4 Å². The van der Waals surface area contributed by atoms with Crippen LogP contribution in [0.15, 0.2) is 77.8 Å². The molecule has 14 heteroatoms. The molecule has 0 bridgehead atoms. The number of guanidine groups is 1. The zero-order chi connectivity index (χ0) is 34.8. The lowest BCUT2D eigenvalue weighted by Crippen LogP contribution is -2.48. The number of aliphatic carboxylic acids is 1. The molecule has 0 aliphatic carbocycles. The quantitative estimate of drug-likeness (QED) is 0.0723. The molecule has 0 unspecified atom stereocenters. The maximum atomic E-state index is 13.9. The second-order valence-electron chi connectivity index (χ2n) is 10.3. The van der Waals surface area contributed by atoms with Gasteiger partial charge < -0.3 is 47.7 Å². The highest BCUT2D eigenvalue weighted by Crippen LogP contribution is 2.28. The summed E-state index contributed by atoms with van der Waals surface area (Å²) in [5.41, 5.74) is 19.2. The van der Waals surface area contributed by atoms with Gasteiger partial charge in [0.15, 0.2) is 5.96 Å². The molecule has 14 nitrogen and oxygen atoms in total. The molecule has 3 rings (SSSR count). The van der Waals surface area contributed by atoms with E-state index in [1.807, 2.05) is 48.5 Å². The van der Waals surface area contributed by atoms with Crippen LogP contribution < -0.4 is 42.6 Å². The van der Waals surface area contributed by atoms with Crippen LogP contribution in [0.2, 0.25) is 0 Å². The predicted octanol–water partition coefficient (Wildman–Crippen LogP) is 1.95. The summed E-state index contributed by atoms with van der Waals surface area (Å²) < 4.78 is 10.6. The largest absolute Gasteiger partial charge is 0.497 e. The van der Waals surface area contributed by atoms with Crippen LogP contribution in [0.3, 0.4) is 0 Å². The van der Waals surface area contributed by atoms with E-state index in [1.54, 1.807) is 38.5 Å². The Hall–Kier alpha value is -5.79. The average molecular weight is 650 g/mol. The van der Waals surface area contributed by atoms with Crippen molar-refractivity contribution in [2.24, 2.45) is 22.2 Å². The first kappa shape index (κ1) is 37.4. The fraction of sp³-hybridized carbons (Fsp3) is 0.303. The van der Waals surface area contributed by atoms with E-state index < -0.39 is 24.0 Å². The van der Waals surface area contributed by atoms with Crippen molar-refractivity contribution in [3.63, 3.8) is 0 Å². The van der Waals surface area contributed by atoms with Crippen LogP contribution >= 0.6 is 0 Å². The summed E-state index contributed by atoms with van der Waals surface area (Å²) in [6, 6.07) is 20.3. The molecule has 1 atom stereocenters. The highest BCUT2D eigenvalue weighted by atomic mass is 16.5. The van der Waals surface area contributed by atoms with Crippen molar-refractivity contribution >= 4 is 29.8 Å². The Morgan fingerprint density at radius 3 is 1.60 bits per heavy atom. The number of benzene rings is 3. The SMILES string of the molecule is CC(=O)O.COc1ccc(C(C(=O)N[C@H](CCCN=C(N)N)C(=O)NCc2ccc(CNC(N)=O)cc2)c2ccc(OC)cc2)cc1. The third-order valence-electron chi connectivity index (χ3n) is 6.70. The number of nitrogens with one attached hydrogen (secondary N) is 3. The van der Waals surface area contributed by atoms with Crippen molar-refractivity contribution in [1.82, 2.24) is 16.0 Å². The second-order valence-corrected chi connectivity index (χ2v) is 10.3. The monoisotopic (exact) mass is 649 g/mol. The molecule has 0 fully saturated rings. The molecule has 0 aromatic heterocycles. The van der Waals surface area contributed by atoms with E-state index in [1.165, 1.54) is 0 Å². The minimum atomic E-state index is -0.847. The fourth-order valence-corrected chi connectivity index (χ4v) is 4.39. The number of rotatable bonds is 15. The Kier molecular flexibility index (Phi) is 15.6. The topological polar surface area (TPSA) is 233 Å². The smallest absolute Gasteiger partial charge is 0.312 e. The Bertz CT molecular complexity index is 1420. The van der Waals surface area contributed by atoms with Crippen LogP contribution in [-0.2, 0) is 27.5 Å². The third-order valence-corrected chi connectivity index (χ3v) is 6.70. The van der Waals surface area contributed by atoms with Crippen molar-refractivity contribution < 1.29 is 33.8 Å². The maximum absolute atomic E-state index is 13.9. The number of nitrogens with zero attached hydrogens (tertiary/aromatic N) is 1. The number of carbonyl (C=O) groups excluding carboxylic acids is 3. The van der Waals surface area contributed by atoms with Crippen LogP contribution in [0, 0.1) is 0 Å². The third kappa shape index (κ3) is 13.8. The van der Waals surface area contributed by atoms with Crippen LogP contribution in [0.1, 0.15) is 47.9 Å². The Labute approximate surface area is 273 Å². The van der Waals surface area contributed by atoms with E-state index in [2.05, 4.69) is 20.9 Å². The summed E-state index contributed by atoms with van der Waals surface area (Å²) >= 11 is 0. The zero-order valence-electron chi connectivity index (χ0n) is 26.7. The second kappa shape index (κ2) is 19.6. The summed E-state index contributed by atoms with van der Waals surface area (Å²) in [4.78, 5) is 51.2. The lowest BCUT2D eigenvalue weighted by molar-refractivity contribution is -0.134. The Morgan fingerprint density at radius 1 is 0.745 bits per heavy atom. The summed E-state index contributed by atoms with van der Waals surface area (Å²) in [6.07, 6.45) is 0.775. The molecule has 0 radical (unpaired) electrons. The number of amides is 4. The average Bonchev–Trinajstić information content (AvgIpc) is 3.05. The summed E-state index contributed by atoms with van der Waals surface area (Å²) in [5.74, 6) is -0.951. The highest BCUT2D eigenvalue weighted by molar-refractivity contribution is 5.92. The first-order valence-corrected chi connectivity index (χ1v) is 14.7. The van der Waals surface area contributed by atoms with Gasteiger partial charge in [0.25, 0.3) is 5.97 Å². The van der Waals surface area contributed by atoms with Crippen molar-refractivity contribution in [3.8, 4) is 11.5 Å². The van der Waals surface area contributed by atoms with Gasteiger partial charge in [-0.1, -0.05) is 48.5 Å². The number of hydrogen-bond donors (Lipinski definition) is 7. The number of nitrogens with two attached hydrogens (primary N) is 3. The van der Waals surface area contributed by atoms with Gasteiger partial charge in [-0.3, -0.25) is 19.4 Å². The Balaban J connectivity index is 0.00000181.